The van der Waals surface area contributed by atoms with Crippen molar-refractivity contribution >= 4 is 39.2 Å². The monoisotopic (exact) mass is 676 g/mol. The number of benzene rings is 3. The molecule has 0 bridgehead atoms. The lowest BCUT2D eigenvalue weighted by Crippen LogP contribution is -2.00. The largest absolute Gasteiger partial charge is 0.501 e. The molecule has 45 heavy (non-hydrogen) atoms. The van der Waals surface area contributed by atoms with Gasteiger partial charge in [0.05, 0.1) is 37.8 Å². The zero-order valence-corrected chi connectivity index (χ0v) is 25.4. The van der Waals surface area contributed by atoms with Crippen LogP contribution in [-0.2, 0) is 0 Å². The molecule has 234 valence electrons. The summed E-state index contributed by atoms with van der Waals surface area (Å²) < 4.78 is 3.75. The van der Waals surface area contributed by atoms with Gasteiger partial charge in [0.2, 0.25) is 5.75 Å². The molecule has 3 N–H and O–H groups in total. The number of aromatic hydroxyl groups is 1. The van der Waals surface area contributed by atoms with E-state index in [1.54, 1.807) is 54.6 Å². The SMILES string of the molecule is C.C1=CCN=C1.Cc1c(-n2cccn2)cccc1[N+](=O)[O-].Cc1c(N)cccc1-n1cccn1.O=[N+]([O-])c1cccc(Br)c1O. The average molecular weight is 678 g/mol. The third-order valence-corrected chi connectivity index (χ3v) is 6.66. The minimum atomic E-state index is -0.639. The lowest BCUT2D eigenvalue weighted by molar-refractivity contribution is -0.386. The highest BCUT2D eigenvalue weighted by Crippen LogP contribution is 2.32. The van der Waals surface area contributed by atoms with Crippen molar-refractivity contribution in [2.45, 2.75) is 21.3 Å². The van der Waals surface area contributed by atoms with E-state index < -0.39 is 4.92 Å². The van der Waals surface area contributed by atoms with Crippen molar-refractivity contribution in [2.75, 3.05) is 12.3 Å². The number of nitrogens with two attached hydrogens (primary N) is 1. The molecule has 0 radical (unpaired) electrons. The number of nitro benzene ring substituents is 2. The first-order valence-electron chi connectivity index (χ1n) is 13.0. The zero-order chi connectivity index (χ0) is 32.1. The van der Waals surface area contributed by atoms with E-state index in [1.807, 2.05) is 54.2 Å². The normalized spacial score (nSPS) is 10.6. The number of nitrogens with zero attached hydrogens (tertiary/aromatic N) is 7. The molecule has 0 amide bonds. The Kier molecular flexibility index (Phi) is 13.8. The van der Waals surface area contributed by atoms with Crippen molar-refractivity contribution in [3.8, 4) is 17.1 Å². The number of anilines is 1. The molecule has 1 aliphatic rings. The number of phenols is 1. The second-order valence-corrected chi connectivity index (χ2v) is 9.73. The topological polar surface area (TPSA) is 181 Å². The van der Waals surface area contributed by atoms with Gasteiger partial charge in [-0.3, -0.25) is 25.2 Å². The number of phenolic OH excluding ortho intramolecular Hbond substituents is 1. The highest BCUT2D eigenvalue weighted by atomic mass is 79.9. The van der Waals surface area contributed by atoms with Gasteiger partial charge in [-0.1, -0.05) is 31.7 Å². The molecule has 0 aliphatic carbocycles. The fraction of sp³-hybridized carbons (Fsp3) is 0.129. The summed E-state index contributed by atoms with van der Waals surface area (Å²) in [5.74, 6) is -0.336. The van der Waals surface area contributed by atoms with Crippen molar-refractivity contribution in [1.82, 2.24) is 19.6 Å². The molecule has 2 aromatic heterocycles. The van der Waals surface area contributed by atoms with Crippen LogP contribution in [0.5, 0.6) is 5.75 Å². The Morgan fingerprint density at radius 1 is 0.822 bits per heavy atom. The summed E-state index contributed by atoms with van der Waals surface area (Å²) in [5, 5.41) is 38.2. The lowest BCUT2D eigenvalue weighted by atomic mass is 10.1. The van der Waals surface area contributed by atoms with Crippen molar-refractivity contribution in [1.29, 1.82) is 0 Å². The van der Waals surface area contributed by atoms with Crippen LogP contribution in [0.1, 0.15) is 18.6 Å². The molecular formula is C31H33BrN8O5. The number of aliphatic imine (C=N–C) groups is 1. The molecule has 6 rings (SSSR count). The van der Waals surface area contributed by atoms with Crippen LogP contribution < -0.4 is 5.73 Å². The Labute approximate surface area is 268 Å². The number of allylic oxidation sites excluding steroid dienone is 1. The standard InChI is InChI=1S/C10H9N3O2.C10H11N3.C6H4BrNO3.C4H5N.CH4/c1-8-9(12-7-3-6-11-12)4-2-5-10(8)13(14)15;1-8-9(11)4-2-5-10(8)13-7-3-6-12-13;7-4-2-1-3-5(6(4)9)8(10)11;1-2-4-5-3-1;/h2-7H,1H3;2-7H,11H2,1H3;1-3,9H;1-3H,4H2;1H4. The minimum absolute atomic E-state index is 0. The number of para-hydroxylation sites is 1. The molecule has 14 heteroatoms. The molecule has 3 aromatic carbocycles. The maximum atomic E-state index is 10.7. The van der Waals surface area contributed by atoms with E-state index in [1.165, 1.54) is 24.3 Å². The predicted octanol–water partition coefficient (Wildman–Crippen LogP) is 7.18. The number of hydrogen-bond acceptors (Lipinski definition) is 9. The smallest absolute Gasteiger partial charge is 0.311 e. The molecule has 13 nitrogen and oxygen atoms in total. The van der Waals surface area contributed by atoms with Crippen molar-refractivity contribution in [3.05, 3.63) is 139 Å². The van der Waals surface area contributed by atoms with Gasteiger partial charge in [-0.15, -0.1) is 0 Å². The maximum absolute atomic E-state index is 10.7. The van der Waals surface area contributed by atoms with Gasteiger partial charge in [0.15, 0.2) is 0 Å². The number of nitrogen functional groups attached to an aromatic ring is 1. The van der Waals surface area contributed by atoms with Gasteiger partial charge in [0.1, 0.15) is 0 Å². The Hall–Kier alpha value is -5.63. The summed E-state index contributed by atoms with van der Waals surface area (Å²) in [6, 6.07) is 18.7. The highest BCUT2D eigenvalue weighted by molar-refractivity contribution is 9.10. The second-order valence-electron chi connectivity index (χ2n) is 8.88. The summed E-state index contributed by atoms with van der Waals surface area (Å²) in [7, 11) is 0. The van der Waals surface area contributed by atoms with Gasteiger partial charge >= 0.3 is 5.69 Å². The Morgan fingerprint density at radius 2 is 1.36 bits per heavy atom. The third-order valence-electron chi connectivity index (χ3n) is 6.02. The molecular weight excluding hydrogens is 644 g/mol. The summed E-state index contributed by atoms with van der Waals surface area (Å²) in [4.78, 5) is 23.7. The molecule has 0 atom stereocenters. The molecule has 0 unspecified atom stereocenters. The fourth-order valence-electron chi connectivity index (χ4n) is 3.72. The maximum Gasteiger partial charge on any atom is 0.311 e. The second kappa shape index (κ2) is 17.5. The summed E-state index contributed by atoms with van der Waals surface area (Å²) in [6.45, 7) is 4.60. The molecule has 0 saturated carbocycles. The number of nitro groups is 2. The van der Waals surface area contributed by atoms with Gasteiger partial charge in [0.25, 0.3) is 5.69 Å². The van der Waals surface area contributed by atoms with Gasteiger partial charge in [-0.2, -0.15) is 10.2 Å². The van der Waals surface area contributed by atoms with Gasteiger partial charge in [-0.05, 0) is 77.8 Å². The summed E-state index contributed by atoms with van der Waals surface area (Å²) in [5.41, 5.74) is 9.85. The first kappa shape index (κ1) is 35.6. The number of aromatic nitrogens is 4. The first-order chi connectivity index (χ1) is 21.1. The van der Waals surface area contributed by atoms with E-state index in [2.05, 4.69) is 31.1 Å². The molecule has 0 spiro atoms. The van der Waals surface area contributed by atoms with Crippen LogP contribution >= 0.6 is 15.9 Å². The zero-order valence-electron chi connectivity index (χ0n) is 23.8. The molecule has 5 aromatic rings. The molecule has 1 aliphatic heterocycles. The highest BCUT2D eigenvalue weighted by Gasteiger charge is 2.15. The third kappa shape index (κ3) is 9.96. The van der Waals surface area contributed by atoms with Crippen LogP contribution in [-0.4, -0.2) is 47.3 Å². The summed E-state index contributed by atoms with van der Waals surface area (Å²) >= 11 is 2.96. The van der Waals surface area contributed by atoms with E-state index in [-0.39, 0.29) is 29.5 Å². The predicted molar refractivity (Wildman–Crippen MR) is 179 cm³/mol. The van der Waals surface area contributed by atoms with Gasteiger partial charge in [0, 0.05) is 48.8 Å². The van der Waals surface area contributed by atoms with Gasteiger partial charge in [-0.25, -0.2) is 9.36 Å². The van der Waals surface area contributed by atoms with E-state index in [9.17, 15) is 20.2 Å². The van der Waals surface area contributed by atoms with E-state index in [0.29, 0.717) is 10.0 Å². The van der Waals surface area contributed by atoms with Crippen LogP contribution in [0.25, 0.3) is 11.4 Å². The van der Waals surface area contributed by atoms with Crippen molar-refractivity contribution in [2.24, 2.45) is 4.99 Å². The van der Waals surface area contributed by atoms with Crippen LogP contribution in [0, 0.1) is 34.1 Å². The van der Waals surface area contributed by atoms with E-state index in [0.717, 1.165) is 29.2 Å². The van der Waals surface area contributed by atoms with E-state index in [4.69, 9.17) is 10.8 Å². The number of hydrogen-bond donors (Lipinski definition) is 2. The number of halogens is 1. The molecule has 0 fully saturated rings. The van der Waals surface area contributed by atoms with Crippen molar-refractivity contribution < 1.29 is 15.0 Å². The van der Waals surface area contributed by atoms with Crippen LogP contribution in [0.3, 0.4) is 0 Å². The lowest BCUT2D eigenvalue weighted by Gasteiger charge is -2.07. The van der Waals surface area contributed by atoms with Crippen molar-refractivity contribution in [3.63, 3.8) is 0 Å². The van der Waals surface area contributed by atoms with Crippen LogP contribution in [0.4, 0.5) is 17.1 Å². The molecule has 3 heterocycles. The van der Waals surface area contributed by atoms with E-state index >= 15 is 0 Å². The Bertz CT molecular complexity index is 1740. The Morgan fingerprint density at radius 3 is 1.80 bits per heavy atom. The van der Waals surface area contributed by atoms with Gasteiger partial charge < -0.3 is 10.8 Å². The number of rotatable bonds is 4. The van der Waals surface area contributed by atoms with Crippen LogP contribution in [0.15, 0.2) is 113 Å². The fourth-order valence-corrected chi connectivity index (χ4v) is 4.08. The first-order valence-corrected chi connectivity index (χ1v) is 13.8. The average Bonchev–Trinajstić information content (AvgIpc) is 3.82. The van der Waals surface area contributed by atoms with Crippen LogP contribution in [0.2, 0.25) is 0 Å². The quantitative estimate of drug-likeness (QED) is 0.114. The Balaban J connectivity index is 0.000000218. The summed E-state index contributed by atoms with van der Waals surface area (Å²) in [6.07, 6.45) is 12.8. The minimum Gasteiger partial charge on any atom is -0.501 e. The molecule has 0 saturated heterocycles.